The van der Waals surface area contributed by atoms with Crippen molar-refractivity contribution in [2.75, 3.05) is 0 Å². The fourth-order valence-corrected chi connectivity index (χ4v) is 18.5. The standard InChI is InChI=1S/C6H8N3O2.3C4H9.Sn/c1-2-5(6(10)11)9-4-3-7-8-9;3*1-3-4-2;/h4-5H,2H2,1H3,(H,10,11);3*1,3-4H2,2H3;. The van der Waals surface area contributed by atoms with Crippen molar-refractivity contribution in [3.8, 4) is 0 Å². The molecule has 0 saturated heterocycles. The first-order valence-corrected chi connectivity index (χ1v) is 17.2. The van der Waals surface area contributed by atoms with Gasteiger partial charge in [0.2, 0.25) is 0 Å². The van der Waals surface area contributed by atoms with Crippen LogP contribution in [-0.2, 0) is 4.79 Å². The van der Waals surface area contributed by atoms with Crippen molar-refractivity contribution in [2.24, 2.45) is 0 Å². The van der Waals surface area contributed by atoms with Gasteiger partial charge in [-0.2, -0.15) is 0 Å². The summed E-state index contributed by atoms with van der Waals surface area (Å²) in [5.74, 6) is -0.814. The molecule has 0 aliphatic heterocycles. The molecular weight excluding hydrogens is 409 g/mol. The molecule has 1 heterocycles. The molecule has 0 radical (unpaired) electrons. The van der Waals surface area contributed by atoms with Crippen LogP contribution in [0.3, 0.4) is 0 Å². The Kier molecular flexibility index (Phi) is 9.93. The number of carboxylic acid groups (broad SMARTS) is 1. The number of hydrogen-bond donors (Lipinski definition) is 1. The minimum atomic E-state index is -2.59. The third-order valence-electron chi connectivity index (χ3n) is 5.07. The van der Waals surface area contributed by atoms with Crippen LogP contribution in [0.2, 0.25) is 13.3 Å². The van der Waals surface area contributed by atoms with Crippen LogP contribution >= 0.6 is 0 Å². The Bertz CT molecular complexity index is 469. The second kappa shape index (κ2) is 11.1. The quantitative estimate of drug-likeness (QED) is 0.459. The monoisotopic (exact) mass is 445 g/mol. The predicted octanol–water partition coefficient (Wildman–Crippen LogP) is 4.37. The fraction of sp³-hybridized carbons (Fsp3) is 0.833. The maximum absolute atomic E-state index is 11.4. The predicted molar refractivity (Wildman–Crippen MR) is 102 cm³/mol. The van der Waals surface area contributed by atoms with Gasteiger partial charge in [0.1, 0.15) is 0 Å². The molecule has 0 saturated carbocycles. The molecule has 0 amide bonds. The molecule has 0 aliphatic carbocycles. The number of aliphatic carboxylic acids is 1. The van der Waals surface area contributed by atoms with Crippen LogP contribution in [0.5, 0.6) is 0 Å². The van der Waals surface area contributed by atoms with E-state index in [9.17, 15) is 9.90 Å². The Morgan fingerprint density at radius 1 is 1.08 bits per heavy atom. The topological polar surface area (TPSA) is 68.0 Å². The summed E-state index contributed by atoms with van der Waals surface area (Å²) in [5.41, 5.74) is 0. The molecule has 138 valence electrons. The number of hydrogen-bond acceptors (Lipinski definition) is 3. The van der Waals surface area contributed by atoms with Crippen molar-refractivity contribution < 1.29 is 9.90 Å². The Balaban J connectivity index is 3.15. The Labute approximate surface area is 151 Å². The maximum atomic E-state index is 11.4. The summed E-state index contributed by atoms with van der Waals surface area (Å²) >= 11 is -2.59. The average molecular weight is 444 g/mol. The van der Waals surface area contributed by atoms with E-state index in [1.54, 1.807) is 4.68 Å². The summed E-state index contributed by atoms with van der Waals surface area (Å²) in [6.07, 6.45) is 10.0. The molecule has 1 unspecified atom stereocenters. The molecule has 24 heavy (non-hydrogen) atoms. The van der Waals surface area contributed by atoms with Crippen LogP contribution in [0.15, 0.2) is 6.20 Å². The first-order chi connectivity index (χ1) is 11.5. The van der Waals surface area contributed by atoms with Gasteiger partial charge in [0.25, 0.3) is 0 Å². The van der Waals surface area contributed by atoms with Crippen LogP contribution < -0.4 is 3.71 Å². The van der Waals surface area contributed by atoms with Gasteiger partial charge in [-0.25, -0.2) is 0 Å². The average Bonchev–Trinajstić information content (AvgIpc) is 3.05. The van der Waals surface area contributed by atoms with E-state index in [0.717, 1.165) is 0 Å². The van der Waals surface area contributed by atoms with Gasteiger partial charge in [-0.3, -0.25) is 0 Å². The van der Waals surface area contributed by atoms with Crippen LogP contribution in [0.4, 0.5) is 0 Å². The number of aromatic nitrogens is 3. The summed E-state index contributed by atoms with van der Waals surface area (Å²) in [5, 5.41) is 18.2. The first-order valence-electron chi connectivity index (χ1n) is 9.69. The molecule has 6 heteroatoms. The summed E-state index contributed by atoms with van der Waals surface area (Å²) in [6, 6.07) is -0.584. The molecule has 0 aliphatic rings. The van der Waals surface area contributed by atoms with Crippen molar-refractivity contribution >= 4 is 28.1 Å². The Hall–Kier alpha value is -0.591. The van der Waals surface area contributed by atoms with Crippen LogP contribution in [0.25, 0.3) is 0 Å². The van der Waals surface area contributed by atoms with Gasteiger partial charge < -0.3 is 0 Å². The van der Waals surface area contributed by atoms with Crippen molar-refractivity contribution in [3.05, 3.63) is 6.20 Å². The zero-order chi connectivity index (χ0) is 18.0. The minimum absolute atomic E-state index is 0.541. The number of unbranched alkanes of at least 4 members (excludes halogenated alkanes) is 3. The van der Waals surface area contributed by atoms with Crippen LogP contribution in [0.1, 0.15) is 78.7 Å². The third-order valence-corrected chi connectivity index (χ3v) is 20.0. The summed E-state index contributed by atoms with van der Waals surface area (Å²) in [7, 11) is 0. The van der Waals surface area contributed by atoms with Gasteiger partial charge in [0.05, 0.1) is 0 Å². The number of rotatable bonds is 13. The number of carboxylic acids is 1. The molecule has 1 rings (SSSR count). The molecule has 1 atom stereocenters. The van der Waals surface area contributed by atoms with Gasteiger partial charge in [-0.05, 0) is 0 Å². The molecule has 1 aromatic heterocycles. The van der Waals surface area contributed by atoms with Gasteiger partial charge in [0.15, 0.2) is 0 Å². The normalized spacial score (nSPS) is 13.2. The SMILES string of the molecule is CCC[CH2][Sn]([CH2]CCC)([CH2]CCC)[c]1cn(C(CC)C(=O)O)nn1. The molecular formula is C18H35N3O2Sn. The second-order valence-corrected chi connectivity index (χ2v) is 20.0. The van der Waals surface area contributed by atoms with Gasteiger partial charge in [0, 0.05) is 0 Å². The van der Waals surface area contributed by atoms with E-state index in [1.165, 1.54) is 55.5 Å². The van der Waals surface area contributed by atoms with E-state index in [-0.39, 0.29) is 0 Å². The first kappa shape index (κ1) is 21.5. The molecule has 1 N–H and O–H groups in total. The van der Waals surface area contributed by atoms with Gasteiger partial charge >= 0.3 is 151 Å². The van der Waals surface area contributed by atoms with Crippen LogP contribution in [-0.4, -0.2) is 44.4 Å². The third kappa shape index (κ3) is 5.74. The van der Waals surface area contributed by atoms with Crippen molar-refractivity contribution in [1.82, 2.24) is 15.0 Å². The molecule has 1 aromatic rings. The molecule has 0 spiro atoms. The molecule has 5 nitrogen and oxygen atoms in total. The fourth-order valence-electron chi connectivity index (χ4n) is 3.45. The Morgan fingerprint density at radius 3 is 1.96 bits per heavy atom. The van der Waals surface area contributed by atoms with Crippen molar-refractivity contribution in [2.45, 2.75) is 92.0 Å². The van der Waals surface area contributed by atoms with E-state index in [4.69, 9.17) is 0 Å². The zero-order valence-electron chi connectivity index (χ0n) is 15.9. The summed E-state index contributed by atoms with van der Waals surface area (Å²) < 4.78 is 6.79. The number of nitrogens with zero attached hydrogens (tertiary/aromatic N) is 3. The van der Waals surface area contributed by atoms with E-state index < -0.39 is 30.4 Å². The second-order valence-electron chi connectivity index (χ2n) is 6.94. The van der Waals surface area contributed by atoms with Gasteiger partial charge in [-0.15, -0.1) is 0 Å². The van der Waals surface area contributed by atoms with Crippen molar-refractivity contribution in [3.63, 3.8) is 0 Å². The Morgan fingerprint density at radius 2 is 1.58 bits per heavy atom. The van der Waals surface area contributed by atoms with E-state index >= 15 is 0 Å². The summed E-state index contributed by atoms with van der Waals surface area (Å²) in [4.78, 5) is 11.4. The van der Waals surface area contributed by atoms with Crippen LogP contribution in [0, 0.1) is 0 Å². The summed E-state index contributed by atoms with van der Waals surface area (Å²) in [6.45, 7) is 8.65. The molecule has 0 aromatic carbocycles. The van der Waals surface area contributed by atoms with Crippen molar-refractivity contribution in [1.29, 1.82) is 0 Å². The van der Waals surface area contributed by atoms with Gasteiger partial charge in [-0.1, -0.05) is 0 Å². The molecule has 0 fully saturated rings. The van der Waals surface area contributed by atoms with E-state index in [1.807, 2.05) is 13.1 Å². The van der Waals surface area contributed by atoms with E-state index in [2.05, 4.69) is 31.1 Å². The van der Waals surface area contributed by atoms with E-state index in [0.29, 0.717) is 6.42 Å². The zero-order valence-corrected chi connectivity index (χ0v) is 18.8. The number of carbonyl (C=O) groups is 1. The molecule has 0 bridgehead atoms.